The summed E-state index contributed by atoms with van der Waals surface area (Å²) >= 11 is 0. The molecule has 0 bridgehead atoms. The number of carbonyl (C=O) groups is 2. The zero-order valence-corrected chi connectivity index (χ0v) is 15.9. The molecule has 8 nitrogen and oxygen atoms in total. The van der Waals surface area contributed by atoms with Crippen LogP contribution in [0.3, 0.4) is 0 Å². The normalized spacial score (nSPS) is 14.6. The summed E-state index contributed by atoms with van der Waals surface area (Å²) in [4.78, 5) is 34.1. The third-order valence-corrected chi connectivity index (χ3v) is 5.04. The highest BCUT2D eigenvalue weighted by Gasteiger charge is 2.29. The van der Waals surface area contributed by atoms with E-state index in [0.29, 0.717) is 31.0 Å². The van der Waals surface area contributed by atoms with Crippen LogP contribution in [-0.2, 0) is 6.42 Å². The Bertz CT molecular complexity index is 840. The van der Waals surface area contributed by atoms with Crippen LogP contribution >= 0.6 is 0 Å². The number of likely N-dealkylation sites (tertiary alicyclic amines) is 1. The largest absolute Gasteiger partial charge is 0.480 e. The van der Waals surface area contributed by atoms with E-state index in [-0.39, 0.29) is 23.2 Å². The Morgan fingerprint density at radius 3 is 2.29 bits per heavy atom. The van der Waals surface area contributed by atoms with Gasteiger partial charge in [-0.25, -0.2) is 14.8 Å². The highest BCUT2D eigenvalue weighted by molar-refractivity contribution is 5.98. The SMILES string of the molecule is COc1ncnc(OC)c1C(=O)N1CCC(Cc2ccccc2C(=O)O)CC1. The summed E-state index contributed by atoms with van der Waals surface area (Å²) < 4.78 is 10.4. The number of methoxy groups -OCH3 is 2. The van der Waals surface area contributed by atoms with Crippen molar-refractivity contribution in [2.75, 3.05) is 27.3 Å². The summed E-state index contributed by atoms with van der Waals surface area (Å²) in [7, 11) is 2.90. The van der Waals surface area contributed by atoms with E-state index in [0.717, 1.165) is 18.4 Å². The van der Waals surface area contributed by atoms with Gasteiger partial charge in [0, 0.05) is 13.1 Å². The van der Waals surface area contributed by atoms with E-state index < -0.39 is 5.97 Å². The predicted octanol–water partition coefficient (Wildman–Crippen LogP) is 2.29. The first-order valence-electron chi connectivity index (χ1n) is 9.08. The van der Waals surface area contributed by atoms with E-state index >= 15 is 0 Å². The van der Waals surface area contributed by atoms with Crippen molar-refractivity contribution in [2.45, 2.75) is 19.3 Å². The third kappa shape index (κ3) is 4.05. The topological polar surface area (TPSA) is 102 Å². The summed E-state index contributed by atoms with van der Waals surface area (Å²) in [5, 5.41) is 9.35. The minimum Gasteiger partial charge on any atom is -0.480 e. The molecule has 1 aromatic heterocycles. The Morgan fingerprint density at radius 2 is 1.71 bits per heavy atom. The first kappa shape index (κ1) is 19.6. The standard InChI is InChI=1S/C20H23N3O5/c1-27-17-16(18(28-2)22-12-21-17)19(24)23-9-7-13(8-10-23)11-14-5-3-4-6-15(14)20(25)26/h3-6,12-13H,7-11H2,1-2H3,(H,25,26). The van der Waals surface area contributed by atoms with Crippen molar-refractivity contribution in [3.05, 3.63) is 47.3 Å². The molecule has 0 spiro atoms. The Hall–Kier alpha value is -3.16. The molecular weight excluding hydrogens is 362 g/mol. The lowest BCUT2D eigenvalue weighted by molar-refractivity contribution is 0.0681. The van der Waals surface area contributed by atoms with Crippen LogP contribution < -0.4 is 9.47 Å². The minimum atomic E-state index is -0.911. The molecule has 0 atom stereocenters. The van der Waals surface area contributed by atoms with Gasteiger partial charge in [-0.05, 0) is 36.8 Å². The molecule has 2 heterocycles. The molecule has 1 aliphatic heterocycles. The van der Waals surface area contributed by atoms with Gasteiger partial charge in [0.25, 0.3) is 5.91 Å². The maximum Gasteiger partial charge on any atom is 0.335 e. The van der Waals surface area contributed by atoms with Gasteiger partial charge in [-0.3, -0.25) is 4.79 Å². The van der Waals surface area contributed by atoms with Gasteiger partial charge in [-0.1, -0.05) is 18.2 Å². The Morgan fingerprint density at radius 1 is 1.11 bits per heavy atom. The lowest BCUT2D eigenvalue weighted by atomic mass is 9.88. The number of piperidine rings is 1. The number of rotatable bonds is 6. The number of benzene rings is 1. The van der Waals surface area contributed by atoms with Crippen molar-refractivity contribution >= 4 is 11.9 Å². The lowest BCUT2D eigenvalue weighted by Gasteiger charge is -2.32. The smallest absolute Gasteiger partial charge is 0.335 e. The van der Waals surface area contributed by atoms with Gasteiger partial charge in [0.05, 0.1) is 19.8 Å². The Balaban J connectivity index is 1.68. The summed E-state index contributed by atoms with van der Waals surface area (Å²) in [6.45, 7) is 1.14. The van der Waals surface area contributed by atoms with Crippen LogP contribution in [0.4, 0.5) is 0 Å². The van der Waals surface area contributed by atoms with Crippen LogP contribution in [0.1, 0.15) is 39.1 Å². The second kappa shape index (κ2) is 8.69. The van der Waals surface area contributed by atoms with Gasteiger partial charge in [0.2, 0.25) is 11.8 Å². The highest BCUT2D eigenvalue weighted by atomic mass is 16.5. The maximum atomic E-state index is 13.0. The van der Waals surface area contributed by atoms with Crippen molar-refractivity contribution in [1.82, 2.24) is 14.9 Å². The van der Waals surface area contributed by atoms with Gasteiger partial charge in [0.1, 0.15) is 6.33 Å². The number of ether oxygens (including phenoxy) is 2. The van der Waals surface area contributed by atoms with Crippen molar-refractivity contribution in [1.29, 1.82) is 0 Å². The molecular formula is C20H23N3O5. The van der Waals surface area contributed by atoms with E-state index in [4.69, 9.17) is 9.47 Å². The van der Waals surface area contributed by atoms with E-state index in [9.17, 15) is 14.7 Å². The molecule has 1 aromatic carbocycles. The molecule has 0 aliphatic carbocycles. The summed E-state index contributed by atoms with van der Waals surface area (Å²) in [5.74, 6) is -0.436. The number of amides is 1. The van der Waals surface area contributed by atoms with Crippen LogP contribution in [0.5, 0.6) is 11.8 Å². The fourth-order valence-electron chi connectivity index (χ4n) is 3.56. The third-order valence-electron chi connectivity index (χ3n) is 5.04. The lowest BCUT2D eigenvalue weighted by Crippen LogP contribution is -2.39. The average molecular weight is 385 g/mol. The van der Waals surface area contributed by atoms with Crippen molar-refractivity contribution in [3.63, 3.8) is 0 Å². The van der Waals surface area contributed by atoms with Gasteiger partial charge in [-0.15, -0.1) is 0 Å². The second-order valence-corrected chi connectivity index (χ2v) is 6.67. The molecule has 1 fully saturated rings. The van der Waals surface area contributed by atoms with E-state index in [2.05, 4.69) is 9.97 Å². The monoisotopic (exact) mass is 385 g/mol. The second-order valence-electron chi connectivity index (χ2n) is 6.67. The van der Waals surface area contributed by atoms with E-state index in [1.54, 1.807) is 17.0 Å². The molecule has 3 rings (SSSR count). The molecule has 28 heavy (non-hydrogen) atoms. The zero-order valence-electron chi connectivity index (χ0n) is 15.9. The zero-order chi connectivity index (χ0) is 20.1. The fraction of sp³-hybridized carbons (Fsp3) is 0.400. The number of carboxylic acids is 1. The molecule has 1 amide bonds. The molecule has 1 saturated heterocycles. The van der Waals surface area contributed by atoms with Gasteiger partial charge < -0.3 is 19.5 Å². The number of carboxylic acid groups (broad SMARTS) is 1. The van der Waals surface area contributed by atoms with Crippen molar-refractivity contribution < 1.29 is 24.2 Å². The van der Waals surface area contributed by atoms with Crippen LogP contribution in [0.2, 0.25) is 0 Å². The number of aromatic carboxylic acids is 1. The molecule has 0 saturated carbocycles. The fourth-order valence-corrected chi connectivity index (χ4v) is 3.56. The van der Waals surface area contributed by atoms with E-state index in [1.165, 1.54) is 20.5 Å². The van der Waals surface area contributed by atoms with Gasteiger partial charge >= 0.3 is 5.97 Å². The summed E-state index contributed by atoms with van der Waals surface area (Å²) in [6.07, 6.45) is 3.56. The number of carbonyl (C=O) groups excluding carboxylic acids is 1. The van der Waals surface area contributed by atoms with Crippen molar-refractivity contribution in [3.8, 4) is 11.8 Å². The molecule has 1 N–H and O–H groups in total. The van der Waals surface area contributed by atoms with Crippen LogP contribution in [0.25, 0.3) is 0 Å². The molecule has 2 aromatic rings. The van der Waals surface area contributed by atoms with Crippen LogP contribution in [-0.4, -0.2) is 59.2 Å². The Labute approximate surface area is 163 Å². The molecule has 8 heteroatoms. The molecule has 0 unspecified atom stereocenters. The van der Waals surface area contributed by atoms with E-state index in [1.807, 2.05) is 12.1 Å². The number of hydrogen-bond donors (Lipinski definition) is 1. The van der Waals surface area contributed by atoms with Gasteiger partial charge in [-0.2, -0.15) is 0 Å². The predicted molar refractivity (Wildman–Crippen MR) is 101 cm³/mol. The Kier molecular flexibility index (Phi) is 6.08. The molecule has 1 aliphatic rings. The number of aromatic nitrogens is 2. The van der Waals surface area contributed by atoms with Crippen molar-refractivity contribution in [2.24, 2.45) is 5.92 Å². The number of nitrogens with zero attached hydrogens (tertiary/aromatic N) is 3. The maximum absolute atomic E-state index is 13.0. The first-order chi connectivity index (χ1) is 13.5. The van der Waals surface area contributed by atoms with Crippen LogP contribution in [0, 0.1) is 5.92 Å². The molecule has 148 valence electrons. The highest BCUT2D eigenvalue weighted by Crippen LogP contribution is 2.29. The average Bonchev–Trinajstić information content (AvgIpc) is 2.73. The summed E-state index contributed by atoms with van der Waals surface area (Å²) in [5.41, 5.74) is 1.40. The first-order valence-corrected chi connectivity index (χ1v) is 9.08. The summed E-state index contributed by atoms with van der Waals surface area (Å²) in [6, 6.07) is 7.08. The number of hydrogen-bond acceptors (Lipinski definition) is 6. The van der Waals surface area contributed by atoms with Gasteiger partial charge in [0.15, 0.2) is 5.56 Å². The molecule has 0 radical (unpaired) electrons. The van der Waals surface area contributed by atoms with Crippen LogP contribution in [0.15, 0.2) is 30.6 Å². The minimum absolute atomic E-state index is 0.189. The quantitative estimate of drug-likeness (QED) is 0.814.